The van der Waals surface area contributed by atoms with E-state index in [4.69, 9.17) is 11.6 Å². The van der Waals surface area contributed by atoms with Crippen LogP contribution < -0.4 is 5.32 Å². The summed E-state index contributed by atoms with van der Waals surface area (Å²) in [5.74, 6) is -0.122. The lowest BCUT2D eigenvalue weighted by Gasteiger charge is -2.36. The molecule has 1 unspecified atom stereocenters. The standard InChI is InChI=1S/C30H35ClN2O3S/c1-33(37(35,36)26-10-3-2-4-11-26)21-24(23-8-7-9-25(31)20-23)14-15-30(34)22-29(16-18-32-19-17-29)27-12-5-6-13-28(27)30/h2-13,20,24,32,34H,14-19,21-22H2,1H3/t24-,30?/m1/s1. The summed E-state index contributed by atoms with van der Waals surface area (Å²) in [5.41, 5.74) is 2.35. The smallest absolute Gasteiger partial charge is 0.242 e. The second kappa shape index (κ2) is 10.5. The summed E-state index contributed by atoms with van der Waals surface area (Å²) in [5, 5.41) is 16.2. The van der Waals surface area contributed by atoms with Crippen molar-refractivity contribution in [1.29, 1.82) is 0 Å². The number of halogens is 1. The Morgan fingerprint density at radius 1 is 0.973 bits per heavy atom. The van der Waals surface area contributed by atoms with Crippen LogP contribution in [0.15, 0.2) is 83.8 Å². The first-order valence-corrected chi connectivity index (χ1v) is 14.9. The van der Waals surface area contributed by atoms with Crippen LogP contribution in [-0.2, 0) is 21.0 Å². The normalized spacial score (nSPS) is 21.7. The number of benzene rings is 3. The van der Waals surface area contributed by atoms with E-state index in [1.165, 1.54) is 9.87 Å². The van der Waals surface area contributed by atoms with Gasteiger partial charge in [0, 0.05) is 24.0 Å². The molecule has 5 nitrogen and oxygen atoms in total. The molecule has 1 heterocycles. The molecule has 3 aromatic carbocycles. The van der Waals surface area contributed by atoms with Crippen LogP contribution in [0.4, 0.5) is 0 Å². The molecule has 0 bridgehead atoms. The van der Waals surface area contributed by atoms with Gasteiger partial charge in [-0.25, -0.2) is 12.7 Å². The topological polar surface area (TPSA) is 69.6 Å². The van der Waals surface area contributed by atoms with Crippen molar-refractivity contribution in [3.8, 4) is 0 Å². The summed E-state index contributed by atoms with van der Waals surface area (Å²) < 4.78 is 28.0. The summed E-state index contributed by atoms with van der Waals surface area (Å²) in [4.78, 5) is 0.276. The van der Waals surface area contributed by atoms with Crippen molar-refractivity contribution in [3.05, 3.63) is 101 Å². The van der Waals surface area contributed by atoms with E-state index in [1.54, 1.807) is 31.3 Å². The zero-order valence-corrected chi connectivity index (χ0v) is 22.8. The molecule has 0 saturated carbocycles. The number of nitrogens with one attached hydrogen (secondary N) is 1. The van der Waals surface area contributed by atoms with E-state index in [1.807, 2.05) is 36.4 Å². The van der Waals surface area contributed by atoms with Crippen molar-refractivity contribution in [2.45, 2.75) is 53.9 Å². The van der Waals surface area contributed by atoms with Crippen LogP contribution in [0.5, 0.6) is 0 Å². The minimum absolute atomic E-state index is 0.00438. The molecule has 3 aromatic rings. The second-order valence-corrected chi connectivity index (χ2v) is 13.2. The van der Waals surface area contributed by atoms with Gasteiger partial charge in [0.05, 0.1) is 10.5 Å². The molecule has 1 spiro atoms. The van der Waals surface area contributed by atoms with Crippen molar-refractivity contribution in [3.63, 3.8) is 0 Å². The van der Waals surface area contributed by atoms with Gasteiger partial charge in [-0.05, 0) is 92.1 Å². The van der Waals surface area contributed by atoms with Gasteiger partial charge >= 0.3 is 0 Å². The highest BCUT2D eigenvalue weighted by molar-refractivity contribution is 7.89. The SMILES string of the molecule is CN(C[C@@H](CCC1(O)CC2(CCNCC2)c2ccccc21)c1cccc(Cl)c1)S(=O)(=O)c1ccccc1. The van der Waals surface area contributed by atoms with E-state index in [-0.39, 0.29) is 16.2 Å². The van der Waals surface area contributed by atoms with Crippen LogP contribution in [0.2, 0.25) is 5.02 Å². The average molecular weight is 539 g/mol. The Hall–Kier alpha value is -2.22. The van der Waals surface area contributed by atoms with Gasteiger partial charge in [-0.3, -0.25) is 0 Å². The molecular formula is C30H35ClN2O3S. The van der Waals surface area contributed by atoms with Gasteiger partial charge in [0.2, 0.25) is 10.0 Å². The first-order chi connectivity index (χ1) is 17.7. The fourth-order valence-corrected chi connectivity index (χ4v) is 7.83. The summed E-state index contributed by atoms with van der Waals surface area (Å²) in [6.07, 6.45) is 3.93. The van der Waals surface area contributed by atoms with Crippen LogP contribution in [-0.4, -0.2) is 44.5 Å². The highest BCUT2D eigenvalue weighted by atomic mass is 35.5. The lowest BCUT2D eigenvalue weighted by Crippen LogP contribution is -2.40. The van der Waals surface area contributed by atoms with Gasteiger partial charge < -0.3 is 10.4 Å². The van der Waals surface area contributed by atoms with Crippen LogP contribution in [0.3, 0.4) is 0 Å². The fourth-order valence-electron chi connectivity index (χ4n) is 6.39. The van der Waals surface area contributed by atoms with Crippen molar-refractivity contribution in [2.24, 2.45) is 0 Å². The zero-order valence-electron chi connectivity index (χ0n) is 21.2. The van der Waals surface area contributed by atoms with E-state index in [9.17, 15) is 13.5 Å². The number of piperidine rings is 1. The highest BCUT2D eigenvalue weighted by Crippen LogP contribution is 2.54. The molecule has 2 aliphatic rings. The minimum atomic E-state index is -3.64. The largest absolute Gasteiger partial charge is 0.385 e. The molecule has 1 aliphatic heterocycles. The number of rotatable bonds is 8. The van der Waals surface area contributed by atoms with Crippen molar-refractivity contribution < 1.29 is 13.5 Å². The number of aliphatic hydroxyl groups is 1. The summed E-state index contributed by atoms with van der Waals surface area (Å²) in [6.45, 7) is 2.21. The molecule has 1 saturated heterocycles. The van der Waals surface area contributed by atoms with E-state index in [2.05, 4.69) is 23.5 Å². The van der Waals surface area contributed by atoms with E-state index < -0.39 is 15.6 Å². The highest BCUT2D eigenvalue weighted by Gasteiger charge is 2.51. The maximum absolute atomic E-state index is 13.3. The van der Waals surface area contributed by atoms with Gasteiger partial charge in [-0.2, -0.15) is 0 Å². The molecule has 0 radical (unpaired) electrons. The molecular weight excluding hydrogens is 504 g/mol. The molecule has 2 N–H and O–H groups in total. The number of likely N-dealkylation sites (N-methyl/N-ethyl adjacent to an activating group) is 1. The van der Waals surface area contributed by atoms with Gasteiger partial charge in [-0.15, -0.1) is 0 Å². The first kappa shape index (κ1) is 26.4. The third-order valence-electron chi connectivity index (χ3n) is 8.35. The molecule has 0 aromatic heterocycles. The minimum Gasteiger partial charge on any atom is -0.385 e. The summed E-state index contributed by atoms with van der Waals surface area (Å²) in [7, 11) is -2.02. The van der Waals surface area contributed by atoms with E-state index >= 15 is 0 Å². The monoisotopic (exact) mass is 538 g/mol. The van der Waals surface area contributed by atoms with Crippen LogP contribution in [0.1, 0.15) is 54.7 Å². The van der Waals surface area contributed by atoms with Crippen molar-refractivity contribution in [2.75, 3.05) is 26.7 Å². The molecule has 7 heteroatoms. The van der Waals surface area contributed by atoms with Gasteiger partial charge in [0.25, 0.3) is 0 Å². The third-order valence-corrected chi connectivity index (χ3v) is 10.4. The number of fused-ring (bicyclic) bond motifs is 2. The predicted molar refractivity (Wildman–Crippen MR) is 148 cm³/mol. The molecule has 2 atom stereocenters. The number of hydrogen-bond donors (Lipinski definition) is 2. The van der Waals surface area contributed by atoms with E-state index in [0.717, 1.165) is 37.1 Å². The summed E-state index contributed by atoms with van der Waals surface area (Å²) in [6, 6.07) is 24.5. The lowest BCUT2D eigenvalue weighted by atomic mass is 9.73. The Bertz CT molecular complexity index is 1340. The Balaban J connectivity index is 1.42. The summed E-state index contributed by atoms with van der Waals surface area (Å²) >= 11 is 6.34. The van der Waals surface area contributed by atoms with Crippen LogP contribution >= 0.6 is 11.6 Å². The average Bonchev–Trinajstić information content (AvgIpc) is 3.15. The second-order valence-electron chi connectivity index (χ2n) is 10.7. The molecule has 196 valence electrons. The predicted octanol–water partition coefficient (Wildman–Crippen LogP) is 5.44. The molecule has 1 fully saturated rings. The van der Waals surface area contributed by atoms with Gasteiger partial charge in [-0.1, -0.05) is 66.2 Å². The van der Waals surface area contributed by atoms with Gasteiger partial charge in [0.15, 0.2) is 0 Å². The molecule has 37 heavy (non-hydrogen) atoms. The Morgan fingerprint density at radius 2 is 1.65 bits per heavy atom. The van der Waals surface area contributed by atoms with Crippen LogP contribution in [0, 0.1) is 0 Å². The quantitative estimate of drug-likeness (QED) is 0.401. The Labute approximate surface area is 225 Å². The zero-order chi connectivity index (χ0) is 26.1. The number of hydrogen-bond acceptors (Lipinski definition) is 4. The van der Waals surface area contributed by atoms with Crippen molar-refractivity contribution >= 4 is 21.6 Å². The molecule has 5 rings (SSSR count). The maximum Gasteiger partial charge on any atom is 0.242 e. The van der Waals surface area contributed by atoms with Gasteiger partial charge in [0.1, 0.15) is 0 Å². The van der Waals surface area contributed by atoms with Crippen LogP contribution in [0.25, 0.3) is 0 Å². The maximum atomic E-state index is 13.3. The molecule has 1 aliphatic carbocycles. The third kappa shape index (κ3) is 5.23. The Kier molecular flexibility index (Phi) is 7.49. The number of sulfonamides is 1. The lowest BCUT2D eigenvalue weighted by molar-refractivity contribution is 0.00505. The fraction of sp³-hybridized carbons (Fsp3) is 0.400. The van der Waals surface area contributed by atoms with E-state index in [0.29, 0.717) is 30.8 Å². The Morgan fingerprint density at radius 3 is 2.35 bits per heavy atom. The number of nitrogens with zero attached hydrogens (tertiary/aromatic N) is 1. The van der Waals surface area contributed by atoms with Crippen molar-refractivity contribution in [1.82, 2.24) is 9.62 Å². The molecule has 0 amide bonds. The first-order valence-electron chi connectivity index (χ1n) is 13.0.